The monoisotopic (exact) mass is 253 g/mol. The molecule has 5 nitrogen and oxygen atoms in total. The van der Waals surface area contributed by atoms with E-state index in [1.165, 1.54) is 6.42 Å². The molecule has 3 rings (SSSR count). The molecule has 102 valence electrons. The Morgan fingerprint density at radius 1 is 1.28 bits per heavy atom. The summed E-state index contributed by atoms with van der Waals surface area (Å²) in [7, 11) is 1.84. The average molecular weight is 253 g/mol. The van der Waals surface area contributed by atoms with Gasteiger partial charge in [-0.1, -0.05) is 0 Å². The zero-order chi connectivity index (χ0) is 12.5. The largest absolute Gasteiger partial charge is 0.358 e. The molecule has 5 heteroatoms. The van der Waals surface area contributed by atoms with Gasteiger partial charge in [0.15, 0.2) is 0 Å². The van der Waals surface area contributed by atoms with Crippen LogP contribution in [0.3, 0.4) is 0 Å². The van der Waals surface area contributed by atoms with Crippen molar-refractivity contribution in [3.63, 3.8) is 0 Å². The van der Waals surface area contributed by atoms with Crippen molar-refractivity contribution in [2.45, 2.75) is 38.0 Å². The van der Waals surface area contributed by atoms with Gasteiger partial charge in [0, 0.05) is 25.6 Å². The second-order valence-electron chi connectivity index (χ2n) is 5.74. The molecule has 0 spiro atoms. The molecule has 0 unspecified atom stereocenters. The zero-order valence-corrected chi connectivity index (χ0v) is 11.0. The van der Waals surface area contributed by atoms with Crippen molar-refractivity contribution in [3.8, 4) is 0 Å². The Morgan fingerprint density at radius 2 is 2.06 bits per heavy atom. The first-order valence-electron chi connectivity index (χ1n) is 7.13. The maximum absolute atomic E-state index is 12.0. The summed E-state index contributed by atoms with van der Waals surface area (Å²) in [4.78, 5) is 13.8. The number of carbonyl (C=O) groups is 1. The predicted molar refractivity (Wildman–Crippen MR) is 68.1 cm³/mol. The van der Waals surface area contributed by atoms with Crippen LogP contribution in [0.25, 0.3) is 0 Å². The van der Waals surface area contributed by atoms with E-state index < -0.39 is 0 Å². The van der Waals surface area contributed by atoms with Gasteiger partial charge in [0.2, 0.25) is 0 Å². The molecule has 0 aromatic rings. The molecule has 0 bridgehead atoms. The van der Waals surface area contributed by atoms with Crippen LogP contribution in [-0.4, -0.2) is 49.9 Å². The molecule has 0 saturated carbocycles. The number of rotatable bonds is 1. The summed E-state index contributed by atoms with van der Waals surface area (Å²) in [6.07, 6.45) is 4.61. The minimum atomic E-state index is -0.00705. The minimum absolute atomic E-state index is 0.00705. The third-order valence-corrected chi connectivity index (χ3v) is 4.68. The van der Waals surface area contributed by atoms with Gasteiger partial charge in [-0.3, -0.25) is 0 Å². The van der Waals surface area contributed by atoms with E-state index in [2.05, 4.69) is 10.6 Å². The van der Waals surface area contributed by atoms with Crippen molar-refractivity contribution < 1.29 is 9.53 Å². The molecule has 3 saturated heterocycles. The number of ether oxygens (including phenoxy) is 1. The van der Waals surface area contributed by atoms with Crippen molar-refractivity contribution >= 4 is 6.03 Å². The van der Waals surface area contributed by atoms with E-state index in [9.17, 15) is 4.79 Å². The number of piperidine rings is 1. The summed E-state index contributed by atoms with van der Waals surface area (Å²) in [5, 5.41) is 6.61. The number of nitrogens with one attached hydrogen (secondary N) is 2. The highest BCUT2D eigenvalue weighted by molar-refractivity contribution is 5.75. The summed E-state index contributed by atoms with van der Waals surface area (Å²) < 4.78 is 5.84. The third kappa shape index (κ3) is 2.10. The second kappa shape index (κ2) is 5.05. The summed E-state index contributed by atoms with van der Waals surface area (Å²) in [6, 6.07) is 0.336. The fourth-order valence-corrected chi connectivity index (χ4v) is 3.68. The van der Waals surface area contributed by atoms with Gasteiger partial charge >= 0.3 is 6.03 Å². The van der Waals surface area contributed by atoms with E-state index in [0.29, 0.717) is 17.9 Å². The highest BCUT2D eigenvalue weighted by Gasteiger charge is 2.45. The molecule has 3 atom stereocenters. The lowest BCUT2D eigenvalue weighted by Crippen LogP contribution is -2.65. The summed E-state index contributed by atoms with van der Waals surface area (Å²) >= 11 is 0. The lowest BCUT2D eigenvalue weighted by atomic mass is 9.77. The van der Waals surface area contributed by atoms with Crippen LogP contribution in [0.4, 0.5) is 4.79 Å². The normalized spacial score (nSPS) is 38.2. The van der Waals surface area contributed by atoms with E-state index >= 15 is 0 Å². The Balaban J connectivity index is 1.77. The molecule has 0 aromatic heterocycles. The van der Waals surface area contributed by atoms with Crippen LogP contribution in [0, 0.1) is 11.8 Å². The Morgan fingerprint density at radius 3 is 2.83 bits per heavy atom. The first kappa shape index (κ1) is 12.2. The minimum Gasteiger partial charge on any atom is -0.358 e. The number of carbonyl (C=O) groups excluding carboxylic acids is 1. The topological polar surface area (TPSA) is 53.6 Å². The molecule has 3 aliphatic rings. The first-order valence-corrected chi connectivity index (χ1v) is 7.13. The zero-order valence-electron chi connectivity index (χ0n) is 11.0. The molecule has 2 N–H and O–H groups in total. The van der Waals surface area contributed by atoms with Gasteiger partial charge in [-0.15, -0.1) is 0 Å². The van der Waals surface area contributed by atoms with Gasteiger partial charge < -0.3 is 20.3 Å². The van der Waals surface area contributed by atoms with E-state index in [1.807, 2.05) is 7.05 Å². The standard InChI is InChI=1S/C13H23N3O2/c1-16-12-10(3-2-8-18-12)11(15-13(16)17)9-4-6-14-7-5-9/h9-12,14H,2-8H2,1H3,(H,15,17)/t10-,11-,12-/m0/s1. The molecule has 3 aliphatic heterocycles. The maximum atomic E-state index is 12.0. The predicted octanol–water partition coefficient (Wildman–Crippen LogP) is 0.762. The molecule has 2 amide bonds. The van der Waals surface area contributed by atoms with Crippen molar-refractivity contribution in [2.75, 3.05) is 26.7 Å². The van der Waals surface area contributed by atoms with Crippen LogP contribution in [0.5, 0.6) is 0 Å². The highest BCUT2D eigenvalue weighted by Crippen LogP contribution is 2.34. The number of hydrogen-bond donors (Lipinski definition) is 2. The molecule has 0 aliphatic carbocycles. The summed E-state index contributed by atoms with van der Waals surface area (Å²) in [5.41, 5.74) is 0. The van der Waals surface area contributed by atoms with E-state index in [4.69, 9.17) is 4.74 Å². The quantitative estimate of drug-likeness (QED) is 0.725. The molecule has 18 heavy (non-hydrogen) atoms. The molecule has 3 heterocycles. The fraction of sp³-hybridized carbons (Fsp3) is 0.923. The smallest absolute Gasteiger partial charge is 0.319 e. The third-order valence-electron chi connectivity index (χ3n) is 4.68. The summed E-state index contributed by atoms with van der Waals surface area (Å²) in [5.74, 6) is 1.07. The van der Waals surface area contributed by atoms with E-state index in [1.54, 1.807) is 4.90 Å². The number of amides is 2. The lowest BCUT2D eigenvalue weighted by Gasteiger charge is -2.49. The van der Waals surface area contributed by atoms with Crippen LogP contribution in [0.1, 0.15) is 25.7 Å². The number of urea groups is 1. The second-order valence-corrected chi connectivity index (χ2v) is 5.74. The SMILES string of the molecule is CN1C(=O)N[C@@H](C2CCNCC2)[C@@H]2CCCO[C@@H]21. The van der Waals surface area contributed by atoms with Crippen molar-refractivity contribution in [1.82, 2.24) is 15.5 Å². The Bertz CT molecular complexity index is 317. The van der Waals surface area contributed by atoms with Gasteiger partial charge in [-0.2, -0.15) is 0 Å². The van der Waals surface area contributed by atoms with Crippen molar-refractivity contribution in [2.24, 2.45) is 11.8 Å². The van der Waals surface area contributed by atoms with Gasteiger partial charge in [-0.05, 0) is 44.7 Å². The van der Waals surface area contributed by atoms with Crippen LogP contribution < -0.4 is 10.6 Å². The fourth-order valence-electron chi connectivity index (χ4n) is 3.68. The molecule has 3 fully saturated rings. The number of hydrogen-bond acceptors (Lipinski definition) is 3. The van der Waals surface area contributed by atoms with Crippen LogP contribution >= 0.6 is 0 Å². The van der Waals surface area contributed by atoms with Gasteiger partial charge in [0.25, 0.3) is 0 Å². The summed E-state index contributed by atoms with van der Waals surface area (Å²) in [6.45, 7) is 2.94. The first-order chi connectivity index (χ1) is 8.77. The van der Waals surface area contributed by atoms with E-state index in [0.717, 1.165) is 39.0 Å². The van der Waals surface area contributed by atoms with Crippen LogP contribution in [0.15, 0.2) is 0 Å². The molecular weight excluding hydrogens is 230 g/mol. The average Bonchev–Trinajstić information content (AvgIpc) is 2.44. The number of nitrogens with zero attached hydrogens (tertiary/aromatic N) is 1. The van der Waals surface area contributed by atoms with Gasteiger partial charge in [-0.25, -0.2) is 4.79 Å². The van der Waals surface area contributed by atoms with Crippen LogP contribution in [0.2, 0.25) is 0 Å². The van der Waals surface area contributed by atoms with Crippen molar-refractivity contribution in [3.05, 3.63) is 0 Å². The molecule has 0 aromatic carbocycles. The molecule has 0 radical (unpaired) electrons. The number of fused-ring (bicyclic) bond motifs is 1. The Kier molecular flexibility index (Phi) is 3.43. The van der Waals surface area contributed by atoms with Gasteiger partial charge in [0.05, 0.1) is 0 Å². The Hall–Kier alpha value is -0.810. The Labute approximate surface area is 108 Å². The highest BCUT2D eigenvalue weighted by atomic mass is 16.5. The lowest BCUT2D eigenvalue weighted by molar-refractivity contribution is -0.122. The van der Waals surface area contributed by atoms with E-state index in [-0.39, 0.29) is 12.3 Å². The van der Waals surface area contributed by atoms with Crippen LogP contribution in [-0.2, 0) is 4.74 Å². The van der Waals surface area contributed by atoms with Gasteiger partial charge in [0.1, 0.15) is 6.23 Å². The molecular formula is C13H23N3O2. The maximum Gasteiger partial charge on any atom is 0.319 e. The van der Waals surface area contributed by atoms with Crippen molar-refractivity contribution in [1.29, 1.82) is 0 Å².